The maximum atomic E-state index is 9.19. The van der Waals surface area contributed by atoms with E-state index < -0.39 is 6.29 Å². The van der Waals surface area contributed by atoms with Crippen molar-refractivity contribution in [1.29, 1.82) is 0 Å². The van der Waals surface area contributed by atoms with Gasteiger partial charge in [-0.1, -0.05) is 19.9 Å². The largest absolute Gasteiger partial charge is 0.364 e. The zero-order chi connectivity index (χ0) is 8.43. The molecule has 0 saturated carbocycles. The molecule has 1 N–H and O–H groups in total. The monoisotopic (exact) mass is 156 g/mol. The molecule has 0 aliphatic carbocycles. The third-order valence-electron chi connectivity index (χ3n) is 2.17. The van der Waals surface area contributed by atoms with E-state index >= 15 is 0 Å². The highest BCUT2D eigenvalue weighted by Gasteiger charge is 2.20. The standard InChI is InChI=1S/C9H16O2/c1-6(2)8-4-7(3)9(10)11-5-8/h4,6,8-10H,5H2,1-3H3. The van der Waals surface area contributed by atoms with Crippen LogP contribution >= 0.6 is 0 Å². The number of aliphatic hydroxyl groups is 1. The Morgan fingerprint density at radius 2 is 2.27 bits per heavy atom. The molecule has 1 aliphatic heterocycles. The fourth-order valence-corrected chi connectivity index (χ4v) is 1.19. The van der Waals surface area contributed by atoms with E-state index in [2.05, 4.69) is 19.9 Å². The summed E-state index contributed by atoms with van der Waals surface area (Å²) >= 11 is 0. The maximum absolute atomic E-state index is 9.19. The van der Waals surface area contributed by atoms with Gasteiger partial charge in [-0.05, 0) is 18.4 Å². The highest BCUT2D eigenvalue weighted by atomic mass is 16.6. The van der Waals surface area contributed by atoms with E-state index in [-0.39, 0.29) is 0 Å². The Labute approximate surface area is 67.9 Å². The Kier molecular flexibility index (Phi) is 2.68. The van der Waals surface area contributed by atoms with Crippen molar-refractivity contribution in [3.05, 3.63) is 11.6 Å². The summed E-state index contributed by atoms with van der Waals surface area (Å²) in [5.41, 5.74) is 0.940. The molecule has 1 rings (SSSR count). The lowest BCUT2D eigenvalue weighted by molar-refractivity contribution is -0.0931. The van der Waals surface area contributed by atoms with Gasteiger partial charge in [-0.15, -0.1) is 0 Å². The summed E-state index contributed by atoms with van der Waals surface area (Å²) in [5, 5.41) is 9.19. The Bertz CT molecular complexity index is 161. The number of hydrogen-bond acceptors (Lipinski definition) is 2. The average Bonchev–Trinajstić information content (AvgIpc) is 1.94. The van der Waals surface area contributed by atoms with Crippen LogP contribution in [0.25, 0.3) is 0 Å². The van der Waals surface area contributed by atoms with Gasteiger partial charge in [-0.2, -0.15) is 0 Å². The predicted molar refractivity (Wildman–Crippen MR) is 44.0 cm³/mol. The summed E-state index contributed by atoms with van der Waals surface area (Å²) in [5.74, 6) is 1.07. The Hall–Kier alpha value is -0.340. The van der Waals surface area contributed by atoms with Crippen LogP contribution in [0, 0.1) is 11.8 Å². The van der Waals surface area contributed by atoms with Crippen LogP contribution in [-0.2, 0) is 4.74 Å². The van der Waals surface area contributed by atoms with E-state index in [0.29, 0.717) is 18.4 Å². The molecule has 64 valence electrons. The van der Waals surface area contributed by atoms with Crippen molar-refractivity contribution >= 4 is 0 Å². The van der Waals surface area contributed by atoms with Crippen LogP contribution in [0.1, 0.15) is 20.8 Å². The molecule has 0 saturated heterocycles. The average molecular weight is 156 g/mol. The van der Waals surface area contributed by atoms with E-state index in [1.807, 2.05) is 6.92 Å². The van der Waals surface area contributed by atoms with Crippen molar-refractivity contribution in [3.63, 3.8) is 0 Å². The zero-order valence-electron chi connectivity index (χ0n) is 7.37. The van der Waals surface area contributed by atoms with Crippen LogP contribution < -0.4 is 0 Å². The molecule has 2 unspecified atom stereocenters. The summed E-state index contributed by atoms with van der Waals surface area (Å²) in [7, 11) is 0. The molecule has 0 aromatic carbocycles. The Morgan fingerprint density at radius 1 is 1.64 bits per heavy atom. The summed E-state index contributed by atoms with van der Waals surface area (Å²) in [6.45, 7) is 6.88. The van der Waals surface area contributed by atoms with E-state index in [1.165, 1.54) is 0 Å². The van der Waals surface area contributed by atoms with Crippen LogP contribution in [0.15, 0.2) is 11.6 Å². The third kappa shape index (κ3) is 2.04. The SMILES string of the molecule is CC1=CC(C(C)C)COC1O. The lowest BCUT2D eigenvalue weighted by Crippen LogP contribution is -2.26. The van der Waals surface area contributed by atoms with Crippen molar-refractivity contribution in [1.82, 2.24) is 0 Å². The van der Waals surface area contributed by atoms with Crippen molar-refractivity contribution in [2.45, 2.75) is 27.1 Å². The van der Waals surface area contributed by atoms with Crippen LogP contribution in [-0.4, -0.2) is 18.0 Å². The topological polar surface area (TPSA) is 29.5 Å². The first-order valence-corrected chi connectivity index (χ1v) is 4.09. The summed E-state index contributed by atoms with van der Waals surface area (Å²) in [4.78, 5) is 0. The molecule has 2 heteroatoms. The van der Waals surface area contributed by atoms with Crippen LogP contribution in [0.5, 0.6) is 0 Å². The van der Waals surface area contributed by atoms with Gasteiger partial charge in [-0.25, -0.2) is 0 Å². The molecule has 1 heterocycles. The lowest BCUT2D eigenvalue weighted by atomic mass is 9.93. The first-order chi connectivity index (χ1) is 5.11. The molecule has 0 spiro atoms. The minimum Gasteiger partial charge on any atom is -0.364 e. The van der Waals surface area contributed by atoms with Crippen LogP contribution in [0.3, 0.4) is 0 Å². The maximum Gasteiger partial charge on any atom is 0.176 e. The Balaban J connectivity index is 2.62. The second-order valence-corrected chi connectivity index (χ2v) is 3.50. The van der Waals surface area contributed by atoms with E-state index in [1.54, 1.807) is 0 Å². The van der Waals surface area contributed by atoms with E-state index in [0.717, 1.165) is 5.57 Å². The predicted octanol–water partition coefficient (Wildman–Crippen LogP) is 1.55. The van der Waals surface area contributed by atoms with Crippen molar-refractivity contribution < 1.29 is 9.84 Å². The van der Waals surface area contributed by atoms with Gasteiger partial charge in [0.05, 0.1) is 6.61 Å². The molecule has 11 heavy (non-hydrogen) atoms. The fraction of sp³-hybridized carbons (Fsp3) is 0.778. The highest BCUT2D eigenvalue weighted by Crippen LogP contribution is 2.22. The minimum absolute atomic E-state index is 0.471. The number of aliphatic hydroxyl groups excluding tert-OH is 1. The molecule has 0 radical (unpaired) electrons. The molecular weight excluding hydrogens is 140 g/mol. The van der Waals surface area contributed by atoms with Crippen LogP contribution in [0.2, 0.25) is 0 Å². The second-order valence-electron chi connectivity index (χ2n) is 3.50. The van der Waals surface area contributed by atoms with E-state index in [4.69, 9.17) is 4.74 Å². The second kappa shape index (κ2) is 3.37. The van der Waals surface area contributed by atoms with Gasteiger partial charge in [0.1, 0.15) is 0 Å². The zero-order valence-corrected chi connectivity index (χ0v) is 7.37. The third-order valence-corrected chi connectivity index (χ3v) is 2.17. The molecule has 0 fully saturated rings. The molecule has 0 aromatic heterocycles. The highest BCUT2D eigenvalue weighted by molar-refractivity contribution is 5.07. The molecule has 1 aliphatic rings. The minimum atomic E-state index is -0.662. The smallest absolute Gasteiger partial charge is 0.176 e. The fourth-order valence-electron chi connectivity index (χ4n) is 1.19. The number of rotatable bonds is 1. The Morgan fingerprint density at radius 3 is 2.73 bits per heavy atom. The molecule has 0 bridgehead atoms. The lowest BCUT2D eigenvalue weighted by Gasteiger charge is -2.26. The molecule has 0 aromatic rings. The first-order valence-electron chi connectivity index (χ1n) is 4.09. The molecule has 2 atom stereocenters. The van der Waals surface area contributed by atoms with Gasteiger partial charge >= 0.3 is 0 Å². The van der Waals surface area contributed by atoms with Crippen molar-refractivity contribution in [2.75, 3.05) is 6.61 Å². The number of ether oxygens (including phenoxy) is 1. The number of hydrogen-bond donors (Lipinski definition) is 1. The van der Waals surface area contributed by atoms with Gasteiger partial charge in [0.25, 0.3) is 0 Å². The van der Waals surface area contributed by atoms with Crippen molar-refractivity contribution in [2.24, 2.45) is 11.8 Å². The summed E-state index contributed by atoms with van der Waals surface area (Å²) < 4.78 is 5.15. The quantitative estimate of drug-likeness (QED) is 0.584. The van der Waals surface area contributed by atoms with Gasteiger partial charge in [0, 0.05) is 5.92 Å². The normalized spacial score (nSPS) is 32.3. The summed E-state index contributed by atoms with van der Waals surface area (Å²) in [6.07, 6.45) is 1.45. The van der Waals surface area contributed by atoms with Gasteiger partial charge in [0.15, 0.2) is 6.29 Å². The first kappa shape index (κ1) is 8.75. The van der Waals surface area contributed by atoms with Gasteiger partial charge in [0.2, 0.25) is 0 Å². The molecule has 0 amide bonds. The summed E-state index contributed by atoms with van der Waals surface area (Å²) in [6, 6.07) is 0. The van der Waals surface area contributed by atoms with E-state index in [9.17, 15) is 5.11 Å². The molecular formula is C9H16O2. The van der Waals surface area contributed by atoms with Crippen molar-refractivity contribution in [3.8, 4) is 0 Å². The van der Waals surface area contributed by atoms with Gasteiger partial charge < -0.3 is 9.84 Å². The van der Waals surface area contributed by atoms with Gasteiger partial charge in [-0.3, -0.25) is 0 Å². The van der Waals surface area contributed by atoms with Crippen LogP contribution in [0.4, 0.5) is 0 Å². The molecule has 2 nitrogen and oxygen atoms in total.